The van der Waals surface area contributed by atoms with Gasteiger partial charge in [-0.1, -0.05) is 91.1 Å². The van der Waals surface area contributed by atoms with Gasteiger partial charge in [0.25, 0.3) is 0 Å². The van der Waals surface area contributed by atoms with Crippen molar-refractivity contribution in [1.29, 1.82) is 0 Å². The second-order valence-corrected chi connectivity index (χ2v) is 12.8. The third-order valence-electron chi connectivity index (χ3n) is 10.1. The molecule has 5 aliphatic carbocycles. The average molecular weight is 586 g/mol. The molecule has 2 heterocycles. The molecule has 2 aromatic carbocycles. The molecule has 3 unspecified atom stereocenters. The lowest BCUT2D eigenvalue weighted by molar-refractivity contribution is 0.489. The summed E-state index contributed by atoms with van der Waals surface area (Å²) >= 11 is 0. The van der Waals surface area contributed by atoms with E-state index in [1.165, 1.54) is 33.2 Å². The highest BCUT2D eigenvalue weighted by Crippen LogP contribution is 2.48. The lowest BCUT2D eigenvalue weighted by Gasteiger charge is -2.35. The maximum Gasteiger partial charge on any atom is 0.163 e. The standard InChI is InChI=1S/C41H35N3O/c1-2-12-27(13-3-1)39-42-40(30-22-21-26-11-4-5-14-28(26)23-30)44-41(43-39)31-24-29-15-6-7-16-32(29)35(25-31)33-18-10-20-37-38(33)34-17-8-9-19-36(34)45-37/h1-4,6,8-9,11-12,15,17-19,21-25,27,32,35H,5,7,10,13-14,16,20H2. The zero-order chi connectivity index (χ0) is 29.7. The van der Waals surface area contributed by atoms with Crippen LogP contribution in [0, 0.1) is 11.8 Å². The molecule has 0 aliphatic heterocycles. The molecule has 0 spiro atoms. The van der Waals surface area contributed by atoms with Crippen LogP contribution in [0.3, 0.4) is 0 Å². The van der Waals surface area contributed by atoms with Crippen molar-refractivity contribution in [2.75, 3.05) is 0 Å². The number of nitrogens with zero attached hydrogens (tertiary/aromatic N) is 3. The lowest BCUT2D eigenvalue weighted by Crippen LogP contribution is -2.23. The number of aromatic nitrogens is 3. The van der Waals surface area contributed by atoms with Gasteiger partial charge in [-0.3, -0.25) is 0 Å². The highest BCUT2D eigenvalue weighted by molar-refractivity contribution is 5.95. The second kappa shape index (κ2) is 11.0. The first-order valence-corrected chi connectivity index (χ1v) is 16.5. The summed E-state index contributed by atoms with van der Waals surface area (Å²) in [6.45, 7) is 0. The Morgan fingerprint density at radius 3 is 2.71 bits per heavy atom. The summed E-state index contributed by atoms with van der Waals surface area (Å²) in [5.74, 6) is 4.26. The van der Waals surface area contributed by atoms with Crippen molar-refractivity contribution in [3.05, 3.63) is 143 Å². The van der Waals surface area contributed by atoms with Crippen molar-refractivity contribution in [1.82, 2.24) is 15.0 Å². The zero-order valence-electron chi connectivity index (χ0n) is 25.3. The van der Waals surface area contributed by atoms with E-state index >= 15 is 0 Å². The Kier molecular flexibility index (Phi) is 6.47. The SMILES string of the molecule is C1=CCC(c2nc(C3=CC(C4=CCCc5oc6ccccc6c54)C4CCC=CC4=C3)nc(-c3ccc4c(c3)CCC=C4)n2)C=C1. The van der Waals surface area contributed by atoms with Crippen LogP contribution in [0.2, 0.25) is 0 Å². The number of para-hydroxylation sites is 1. The maximum absolute atomic E-state index is 6.41. The lowest BCUT2D eigenvalue weighted by atomic mass is 9.69. The van der Waals surface area contributed by atoms with E-state index in [9.17, 15) is 0 Å². The molecule has 5 aliphatic rings. The average Bonchev–Trinajstić information content (AvgIpc) is 3.50. The Morgan fingerprint density at radius 1 is 0.822 bits per heavy atom. The molecule has 4 aromatic rings. The highest BCUT2D eigenvalue weighted by atomic mass is 16.3. The minimum atomic E-state index is 0.131. The molecule has 0 saturated heterocycles. The van der Waals surface area contributed by atoms with Crippen LogP contribution in [-0.4, -0.2) is 15.0 Å². The summed E-state index contributed by atoms with van der Waals surface area (Å²) in [6.07, 6.45) is 32.2. The first-order chi connectivity index (χ1) is 22.3. The van der Waals surface area contributed by atoms with E-state index in [2.05, 4.69) is 109 Å². The van der Waals surface area contributed by atoms with Gasteiger partial charge < -0.3 is 4.42 Å². The molecule has 0 radical (unpaired) electrons. The predicted octanol–water partition coefficient (Wildman–Crippen LogP) is 9.78. The topological polar surface area (TPSA) is 51.8 Å². The number of hydrogen-bond donors (Lipinski definition) is 0. The van der Waals surface area contributed by atoms with Crippen molar-refractivity contribution in [3.8, 4) is 11.4 Å². The molecule has 45 heavy (non-hydrogen) atoms. The summed E-state index contributed by atoms with van der Waals surface area (Å²) in [5.41, 5.74) is 9.84. The third-order valence-corrected chi connectivity index (χ3v) is 10.1. The summed E-state index contributed by atoms with van der Waals surface area (Å²) < 4.78 is 6.41. The quantitative estimate of drug-likeness (QED) is 0.239. The predicted molar refractivity (Wildman–Crippen MR) is 182 cm³/mol. The summed E-state index contributed by atoms with van der Waals surface area (Å²) in [4.78, 5) is 15.5. The number of benzene rings is 2. The fraction of sp³-hybridized carbons (Fsp3) is 0.244. The van der Waals surface area contributed by atoms with Crippen molar-refractivity contribution in [2.24, 2.45) is 11.8 Å². The van der Waals surface area contributed by atoms with E-state index in [1.807, 2.05) is 0 Å². The molecule has 0 saturated carbocycles. The molecular formula is C41H35N3O. The largest absolute Gasteiger partial charge is 0.460 e. The minimum Gasteiger partial charge on any atom is -0.460 e. The van der Waals surface area contributed by atoms with E-state index in [1.54, 1.807) is 0 Å². The van der Waals surface area contributed by atoms with Gasteiger partial charge in [-0.15, -0.1) is 0 Å². The fourth-order valence-electron chi connectivity index (χ4n) is 7.82. The number of aryl methyl sites for hydroxylation is 2. The molecule has 0 fully saturated rings. The van der Waals surface area contributed by atoms with Gasteiger partial charge in [0, 0.05) is 40.3 Å². The van der Waals surface area contributed by atoms with Crippen LogP contribution in [0.5, 0.6) is 0 Å². The smallest absolute Gasteiger partial charge is 0.163 e. The Morgan fingerprint density at radius 2 is 1.76 bits per heavy atom. The zero-order valence-corrected chi connectivity index (χ0v) is 25.3. The Hall–Kier alpha value is -4.83. The fourth-order valence-corrected chi connectivity index (χ4v) is 7.82. The van der Waals surface area contributed by atoms with Crippen molar-refractivity contribution in [3.63, 3.8) is 0 Å². The van der Waals surface area contributed by atoms with Crippen molar-refractivity contribution >= 4 is 28.2 Å². The van der Waals surface area contributed by atoms with Crippen molar-refractivity contribution in [2.45, 2.75) is 50.9 Å². The number of hydrogen-bond acceptors (Lipinski definition) is 4. The van der Waals surface area contributed by atoms with Gasteiger partial charge in [-0.05, 0) is 84.9 Å². The van der Waals surface area contributed by atoms with Gasteiger partial charge >= 0.3 is 0 Å². The molecule has 9 rings (SSSR count). The van der Waals surface area contributed by atoms with E-state index in [0.717, 1.165) is 84.9 Å². The van der Waals surface area contributed by atoms with Crippen LogP contribution in [0.25, 0.3) is 39.6 Å². The molecule has 4 heteroatoms. The van der Waals surface area contributed by atoms with Crippen LogP contribution < -0.4 is 0 Å². The molecular weight excluding hydrogens is 550 g/mol. The van der Waals surface area contributed by atoms with Gasteiger partial charge in [-0.2, -0.15) is 0 Å². The van der Waals surface area contributed by atoms with Crippen molar-refractivity contribution < 1.29 is 4.42 Å². The molecule has 0 amide bonds. The monoisotopic (exact) mass is 585 g/mol. The Labute approximate surface area is 264 Å². The van der Waals surface area contributed by atoms with Gasteiger partial charge in [0.1, 0.15) is 17.2 Å². The summed E-state index contributed by atoms with van der Waals surface area (Å²) in [5, 5.41) is 1.22. The molecule has 3 atom stereocenters. The number of rotatable bonds is 4. The Bertz CT molecular complexity index is 2060. The maximum atomic E-state index is 6.41. The highest BCUT2D eigenvalue weighted by Gasteiger charge is 2.35. The first-order valence-electron chi connectivity index (χ1n) is 16.5. The van der Waals surface area contributed by atoms with E-state index in [4.69, 9.17) is 19.4 Å². The van der Waals surface area contributed by atoms with Crippen LogP contribution >= 0.6 is 0 Å². The molecule has 4 nitrogen and oxygen atoms in total. The van der Waals surface area contributed by atoms with E-state index < -0.39 is 0 Å². The number of fused-ring (bicyclic) bond motifs is 5. The summed E-state index contributed by atoms with van der Waals surface area (Å²) in [6, 6.07) is 15.2. The second-order valence-electron chi connectivity index (χ2n) is 12.8. The molecule has 2 aromatic heterocycles. The Balaban J connectivity index is 1.20. The minimum absolute atomic E-state index is 0.131. The van der Waals surface area contributed by atoms with Gasteiger partial charge in [0.05, 0.1) is 0 Å². The van der Waals surface area contributed by atoms with E-state index in [-0.39, 0.29) is 11.8 Å². The molecule has 0 N–H and O–H groups in total. The van der Waals surface area contributed by atoms with Gasteiger partial charge in [-0.25, -0.2) is 15.0 Å². The normalized spacial score (nSPS) is 23.2. The molecule has 0 bridgehead atoms. The summed E-state index contributed by atoms with van der Waals surface area (Å²) in [7, 11) is 0. The first kappa shape index (κ1) is 26.6. The van der Waals surface area contributed by atoms with Crippen LogP contribution in [0.4, 0.5) is 0 Å². The number of furan rings is 1. The molecule has 220 valence electrons. The third kappa shape index (κ3) is 4.71. The van der Waals surface area contributed by atoms with Crippen LogP contribution in [0.15, 0.2) is 113 Å². The van der Waals surface area contributed by atoms with Gasteiger partial charge in [0.15, 0.2) is 11.6 Å². The number of allylic oxidation sites excluding steroid dienone is 13. The van der Waals surface area contributed by atoms with Crippen LogP contribution in [0.1, 0.15) is 72.1 Å². The van der Waals surface area contributed by atoms with Gasteiger partial charge in [0.2, 0.25) is 0 Å². The van der Waals surface area contributed by atoms with E-state index in [0.29, 0.717) is 5.92 Å². The van der Waals surface area contributed by atoms with Crippen LogP contribution in [-0.2, 0) is 12.8 Å².